The van der Waals surface area contributed by atoms with Gasteiger partial charge in [0, 0.05) is 25.0 Å². The molecule has 2 heterocycles. The Morgan fingerprint density at radius 3 is 3.05 bits per heavy atom. The van der Waals surface area contributed by atoms with Crippen molar-refractivity contribution in [3.05, 3.63) is 47.8 Å². The second-order valence-corrected chi connectivity index (χ2v) is 5.72. The van der Waals surface area contributed by atoms with Gasteiger partial charge in [-0.2, -0.15) is 5.10 Å². The summed E-state index contributed by atoms with van der Waals surface area (Å²) in [4.78, 5) is 14.5. The molecule has 1 N–H and O–H groups in total. The summed E-state index contributed by atoms with van der Waals surface area (Å²) in [6.45, 7) is 5.71. The number of nitrogens with one attached hydrogen (secondary N) is 1. The number of carbonyl (C=O) groups is 1. The van der Waals surface area contributed by atoms with Crippen molar-refractivity contribution in [2.45, 2.75) is 39.3 Å². The van der Waals surface area contributed by atoms with Crippen LogP contribution in [-0.2, 0) is 6.54 Å². The Bertz CT molecular complexity index is 664. The zero-order valence-corrected chi connectivity index (χ0v) is 13.1. The van der Waals surface area contributed by atoms with Crippen molar-refractivity contribution < 1.29 is 4.79 Å². The van der Waals surface area contributed by atoms with Crippen LogP contribution >= 0.6 is 0 Å². The number of hydrogen-bond donors (Lipinski definition) is 1. The fourth-order valence-corrected chi connectivity index (χ4v) is 3.13. The van der Waals surface area contributed by atoms with Crippen LogP contribution < -0.4 is 5.32 Å². The first kappa shape index (κ1) is 14.6. The molecule has 0 unspecified atom stereocenters. The number of aromatic nitrogens is 2. The molecule has 116 valence electrons. The Morgan fingerprint density at radius 2 is 2.27 bits per heavy atom. The maximum atomic E-state index is 12.6. The van der Waals surface area contributed by atoms with E-state index in [1.807, 2.05) is 53.0 Å². The van der Waals surface area contributed by atoms with Crippen LogP contribution in [0.5, 0.6) is 0 Å². The molecule has 2 amide bonds. The maximum absolute atomic E-state index is 12.6. The molecule has 3 rings (SSSR count). The Balaban J connectivity index is 1.77. The highest BCUT2D eigenvalue weighted by Gasteiger charge is 2.32. The fourth-order valence-electron chi connectivity index (χ4n) is 3.13. The summed E-state index contributed by atoms with van der Waals surface area (Å²) in [6.07, 6.45) is 3.83. The Kier molecular flexibility index (Phi) is 4.13. The molecule has 2 aromatic rings. The standard InChI is InChI=1S/C17H22N4O/c1-3-21-16(9-10-18-21)15-8-5-11-20(15)17(22)19-14-7-4-6-13(2)12-14/h4,6-7,9-10,12,15H,3,5,8,11H2,1-2H3,(H,19,22)/t15-/m1/s1. The molecule has 1 aliphatic heterocycles. The van der Waals surface area contributed by atoms with E-state index < -0.39 is 0 Å². The van der Waals surface area contributed by atoms with E-state index in [9.17, 15) is 4.79 Å². The lowest BCUT2D eigenvalue weighted by Crippen LogP contribution is -2.35. The van der Waals surface area contributed by atoms with E-state index in [-0.39, 0.29) is 12.1 Å². The van der Waals surface area contributed by atoms with Crippen LogP contribution in [0.2, 0.25) is 0 Å². The minimum absolute atomic E-state index is 0.0306. The summed E-state index contributed by atoms with van der Waals surface area (Å²) in [7, 11) is 0. The van der Waals surface area contributed by atoms with Gasteiger partial charge in [-0.15, -0.1) is 0 Å². The third kappa shape index (κ3) is 2.84. The lowest BCUT2D eigenvalue weighted by molar-refractivity contribution is 0.204. The van der Waals surface area contributed by atoms with Crippen LogP contribution in [0.3, 0.4) is 0 Å². The highest BCUT2D eigenvalue weighted by Crippen LogP contribution is 2.32. The molecule has 5 heteroatoms. The molecular weight excluding hydrogens is 276 g/mol. The number of carbonyl (C=O) groups excluding carboxylic acids is 1. The van der Waals surface area contributed by atoms with Gasteiger partial charge < -0.3 is 10.2 Å². The molecule has 0 spiro atoms. The molecule has 22 heavy (non-hydrogen) atoms. The molecule has 1 saturated heterocycles. The zero-order chi connectivity index (χ0) is 15.5. The van der Waals surface area contributed by atoms with E-state index in [1.165, 1.54) is 0 Å². The molecule has 1 fully saturated rings. The van der Waals surface area contributed by atoms with Gasteiger partial charge in [-0.25, -0.2) is 4.79 Å². The van der Waals surface area contributed by atoms with Crippen LogP contribution in [0.4, 0.5) is 10.5 Å². The number of rotatable bonds is 3. The highest BCUT2D eigenvalue weighted by molar-refractivity contribution is 5.89. The van der Waals surface area contributed by atoms with Gasteiger partial charge in [0.15, 0.2) is 0 Å². The molecule has 0 bridgehead atoms. The third-order valence-electron chi connectivity index (χ3n) is 4.17. The van der Waals surface area contributed by atoms with Gasteiger partial charge in [-0.3, -0.25) is 4.68 Å². The normalized spacial score (nSPS) is 17.7. The summed E-state index contributed by atoms with van der Waals surface area (Å²) in [5.41, 5.74) is 3.11. The first-order valence-electron chi connectivity index (χ1n) is 7.85. The SMILES string of the molecule is CCn1nccc1[C@H]1CCCN1C(=O)Nc1cccc(C)c1. The van der Waals surface area contributed by atoms with Gasteiger partial charge in [0.25, 0.3) is 0 Å². The Morgan fingerprint density at radius 1 is 1.41 bits per heavy atom. The number of anilines is 1. The first-order valence-corrected chi connectivity index (χ1v) is 7.85. The van der Waals surface area contributed by atoms with E-state index in [0.29, 0.717) is 0 Å². The van der Waals surface area contributed by atoms with Gasteiger partial charge >= 0.3 is 6.03 Å². The number of likely N-dealkylation sites (tertiary alicyclic amines) is 1. The van der Waals surface area contributed by atoms with E-state index >= 15 is 0 Å². The van der Waals surface area contributed by atoms with Gasteiger partial charge in [-0.1, -0.05) is 12.1 Å². The zero-order valence-electron chi connectivity index (χ0n) is 13.1. The summed E-state index contributed by atoms with van der Waals surface area (Å²) >= 11 is 0. The average molecular weight is 298 g/mol. The maximum Gasteiger partial charge on any atom is 0.322 e. The fraction of sp³-hybridized carbons (Fsp3) is 0.412. The molecule has 1 atom stereocenters. The summed E-state index contributed by atoms with van der Waals surface area (Å²) in [6, 6.07) is 9.99. The molecule has 1 aromatic carbocycles. The topological polar surface area (TPSA) is 50.2 Å². The summed E-state index contributed by atoms with van der Waals surface area (Å²) in [5, 5.41) is 7.34. The molecule has 1 aromatic heterocycles. The second-order valence-electron chi connectivity index (χ2n) is 5.72. The molecule has 0 radical (unpaired) electrons. The van der Waals surface area contributed by atoms with Crippen LogP contribution in [-0.4, -0.2) is 27.3 Å². The Labute approximate surface area is 130 Å². The number of hydrogen-bond acceptors (Lipinski definition) is 2. The van der Waals surface area contributed by atoms with E-state index in [1.54, 1.807) is 0 Å². The minimum atomic E-state index is -0.0306. The number of aryl methyl sites for hydroxylation is 2. The van der Waals surface area contributed by atoms with Crippen molar-refractivity contribution in [3.8, 4) is 0 Å². The molecule has 5 nitrogen and oxygen atoms in total. The monoisotopic (exact) mass is 298 g/mol. The average Bonchev–Trinajstić information content (AvgIpc) is 3.15. The molecule has 0 saturated carbocycles. The Hall–Kier alpha value is -2.30. The van der Waals surface area contributed by atoms with Gasteiger partial charge in [0.05, 0.1) is 11.7 Å². The van der Waals surface area contributed by atoms with Crippen molar-refractivity contribution in [1.82, 2.24) is 14.7 Å². The van der Waals surface area contributed by atoms with Crippen LogP contribution in [0.1, 0.15) is 37.1 Å². The van der Waals surface area contributed by atoms with Gasteiger partial charge in [-0.05, 0) is 50.5 Å². The van der Waals surface area contributed by atoms with Crippen molar-refractivity contribution in [3.63, 3.8) is 0 Å². The highest BCUT2D eigenvalue weighted by atomic mass is 16.2. The van der Waals surface area contributed by atoms with E-state index in [0.717, 1.165) is 42.9 Å². The number of amides is 2. The quantitative estimate of drug-likeness (QED) is 0.941. The summed E-state index contributed by atoms with van der Waals surface area (Å²) in [5.74, 6) is 0. The smallest absolute Gasteiger partial charge is 0.316 e. The number of urea groups is 1. The lowest BCUT2D eigenvalue weighted by Gasteiger charge is -2.25. The predicted octanol–water partition coefficient (Wildman–Crippen LogP) is 3.58. The van der Waals surface area contributed by atoms with Gasteiger partial charge in [0.1, 0.15) is 0 Å². The van der Waals surface area contributed by atoms with Gasteiger partial charge in [0.2, 0.25) is 0 Å². The molecule has 1 aliphatic rings. The van der Waals surface area contributed by atoms with Crippen LogP contribution in [0.15, 0.2) is 36.5 Å². The number of benzene rings is 1. The number of nitrogens with zero attached hydrogens (tertiary/aromatic N) is 3. The molecule has 0 aliphatic carbocycles. The second kappa shape index (κ2) is 6.22. The van der Waals surface area contributed by atoms with Crippen molar-refractivity contribution >= 4 is 11.7 Å². The predicted molar refractivity (Wildman–Crippen MR) is 86.8 cm³/mol. The van der Waals surface area contributed by atoms with E-state index in [4.69, 9.17) is 0 Å². The van der Waals surface area contributed by atoms with Crippen LogP contribution in [0, 0.1) is 6.92 Å². The molecular formula is C17H22N4O. The lowest BCUT2D eigenvalue weighted by atomic mass is 10.1. The van der Waals surface area contributed by atoms with Crippen LogP contribution in [0.25, 0.3) is 0 Å². The van der Waals surface area contributed by atoms with Crippen molar-refractivity contribution in [2.24, 2.45) is 0 Å². The largest absolute Gasteiger partial charge is 0.322 e. The van der Waals surface area contributed by atoms with Crippen molar-refractivity contribution in [1.29, 1.82) is 0 Å². The van der Waals surface area contributed by atoms with E-state index in [2.05, 4.69) is 17.3 Å². The third-order valence-corrected chi connectivity index (χ3v) is 4.17. The minimum Gasteiger partial charge on any atom is -0.316 e. The first-order chi connectivity index (χ1) is 10.7. The summed E-state index contributed by atoms with van der Waals surface area (Å²) < 4.78 is 1.98. The van der Waals surface area contributed by atoms with Crippen molar-refractivity contribution in [2.75, 3.05) is 11.9 Å².